The molecule has 0 saturated heterocycles. The lowest BCUT2D eigenvalue weighted by Crippen LogP contribution is -2.47. The van der Waals surface area contributed by atoms with Crippen molar-refractivity contribution < 1.29 is 14.4 Å². The Morgan fingerprint density at radius 1 is 1.21 bits per heavy atom. The largest absolute Gasteiger partial charge is 0.343 e. The van der Waals surface area contributed by atoms with E-state index in [0.29, 0.717) is 48.2 Å². The average Bonchev–Trinajstić information content (AvgIpc) is 2.74. The van der Waals surface area contributed by atoms with Gasteiger partial charge in [-0.1, -0.05) is 25.4 Å². The summed E-state index contributed by atoms with van der Waals surface area (Å²) < 4.78 is 0. The molecule has 1 aliphatic rings. The van der Waals surface area contributed by atoms with Crippen LogP contribution in [0.4, 0.5) is 5.69 Å². The van der Waals surface area contributed by atoms with Crippen LogP contribution in [0.15, 0.2) is 18.2 Å². The van der Waals surface area contributed by atoms with Crippen molar-refractivity contribution in [2.45, 2.75) is 53.0 Å². The normalized spacial score (nSPS) is 16.9. The fourth-order valence-corrected chi connectivity index (χ4v) is 3.80. The zero-order valence-corrected chi connectivity index (χ0v) is 18.8. The number of nitrogens with zero attached hydrogens (tertiary/aromatic N) is 3. The van der Waals surface area contributed by atoms with Crippen LogP contribution in [-0.2, 0) is 9.59 Å². The third-order valence-electron chi connectivity index (χ3n) is 5.50. The summed E-state index contributed by atoms with van der Waals surface area (Å²) in [5.74, 6) is 0.0270. The Balaban J connectivity index is 2.35. The fraction of sp³-hybridized carbons (Fsp3) is 0.591. The van der Waals surface area contributed by atoms with Gasteiger partial charge in [0.25, 0.3) is 5.91 Å². The van der Waals surface area contributed by atoms with Gasteiger partial charge in [-0.2, -0.15) is 0 Å². The van der Waals surface area contributed by atoms with Gasteiger partial charge < -0.3 is 14.7 Å². The molecule has 0 unspecified atom stereocenters. The first-order chi connectivity index (χ1) is 13.7. The van der Waals surface area contributed by atoms with Crippen LogP contribution < -0.4 is 4.90 Å². The molecule has 0 spiro atoms. The number of fused-ring (bicyclic) bond motifs is 1. The second-order valence-electron chi connectivity index (χ2n) is 7.87. The van der Waals surface area contributed by atoms with E-state index >= 15 is 0 Å². The molecule has 0 aliphatic carbocycles. The van der Waals surface area contributed by atoms with E-state index in [0.717, 1.165) is 6.42 Å². The van der Waals surface area contributed by atoms with E-state index in [4.69, 9.17) is 11.6 Å². The summed E-state index contributed by atoms with van der Waals surface area (Å²) in [6.45, 7) is 9.83. The molecular weight excluding hydrogens is 390 g/mol. The molecule has 3 amide bonds. The van der Waals surface area contributed by atoms with Crippen molar-refractivity contribution in [2.24, 2.45) is 5.92 Å². The van der Waals surface area contributed by atoms with Crippen LogP contribution >= 0.6 is 11.6 Å². The van der Waals surface area contributed by atoms with Gasteiger partial charge >= 0.3 is 0 Å². The van der Waals surface area contributed by atoms with Crippen LogP contribution in [0.1, 0.15) is 57.3 Å². The summed E-state index contributed by atoms with van der Waals surface area (Å²) in [4.78, 5) is 43.9. The van der Waals surface area contributed by atoms with Crippen LogP contribution in [0.2, 0.25) is 5.02 Å². The van der Waals surface area contributed by atoms with Gasteiger partial charge in [-0.15, -0.1) is 0 Å². The van der Waals surface area contributed by atoms with Crippen LogP contribution in [0.3, 0.4) is 0 Å². The summed E-state index contributed by atoms with van der Waals surface area (Å²) in [6.07, 6.45) is 1.34. The number of anilines is 1. The van der Waals surface area contributed by atoms with Crippen molar-refractivity contribution in [3.8, 4) is 0 Å². The Morgan fingerprint density at radius 2 is 1.86 bits per heavy atom. The number of carbonyl (C=O) groups excluding carboxylic acids is 3. The van der Waals surface area contributed by atoms with Gasteiger partial charge in [0.1, 0.15) is 6.04 Å². The molecule has 0 saturated carbocycles. The van der Waals surface area contributed by atoms with E-state index in [9.17, 15) is 14.4 Å². The van der Waals surface area contributed by atoms with Gasteiger partial charge in [0.05, 0.1) is 11.3 Å². The molecule has 0 fully saturated rings. The topological polar surface area (TPSA) is 60.9 Å². The summed E-state index contributed by atoms with van der Waals surface area (Å²) in [5.41, 5.74) is 1.02. The predicted octanol–water partition coefficient (Wildman–Crippen LogP) is 3.82. The van der Waals surface area contributed by atoms with Gasteiger partial charge in [-0.05, 0) is 50.8 Å². The van der Waals surface area contributed by atoms with Crippen LogP contribution in [0, 0.1) is 5.92 Å². The smallest absolute Gasteiger partial charge is 0.256 e. The standard InChI is InChI=1S/C22H32ClN3O3/c1-6-25(7-2)20(27)11-10-18-22(29)26(13-12-15(3)4)19-14-16(23)8-9-17(19)21(28)24(18)5/h8-9,14-15,18H,6-7,10-13H2,1-5H3/t18-/m1/s1. The number of rotatable bonds is 8. The van der Waals surface area contributed by atoms with E-state index in [1.54, 1.807) is 35.0 Å². The van der Waals surface area contributed by atoms with Crippen molar-refractivity contribution in [2.75, 3.05) is 31.6 Å². The molecule has 1 heterocycles. The highest BCUT2D eigenvalue weighted by Gasteiger charge is 2.38. The Labute approximate surface area is 178 Å². The maximum Gasteiger partial charge on any atom is 0.256 e. The first-order valence-corrected chi connectivity index (χ1v) is 10.7. The van der Waals surface area contributed by atoms with Crippen molar-refractivity contribution in [1.29, 1.82) is 0 Å². The number of amides is 3. The van der Waals surface area contributed by atoms with Crippen LogP contribution in [-0.4, -0.2) is 60.2 Å². The van der Waals surface area contributed by atoms with Gasteiger partial charge in [-0.25, -0.2) is 0 Å². The quantitative estimate of drug-likeness (QED) is 0.641. The molecule has 29 heavy (non-hydrogen) atoms. The molecule has 0 bridgehead atoms. The number of halogens is 1. The van der Waals surface area contributed by atoms with E-state index in [1.165, 1.54) is 4.90 Å². The number of benzene rings is 1. The maximum absolute atomic E-state index is 13.5. The predicted molar refractivity (Wildman–Crippen MR) is 116 cm³/mol. The molecule has 7 heteroatoms. The lowest BCUT2D eigenvalue weighted by Gasteiger charge is -2.29. The molecule has 0 radical (unpaired) electrons. The third-order valence-corrected chi connectivity index (χ3v) is 5.73. The van der Waals surface area contributed by atoms with Gasteiger partial charge in [-0.3, -0.25) is 14.4 Å². The number of hydrogen-bond acceptors (Lipinski definition) is 3. The molecule has 0 N–H and O–H groups in total. The zero-order chi connectivity index (χ0) is 21.7. The second-order valence-corrected chi connectivity index (χ2v) is 8.31. The monoisotopic (exact) mass is 421 g/mol. The van der Waals surface area contributed by atoms with Gasteiger partial charge in [0.2, 0.25) is 11.8 Å². The average molecular weight is 422 g/mol. The lowest BCUT2D eigenvalue weighted by molar-refractivity contribution is -0.131. The Bertz CT molecular complexity index is 762. The van der Waals surface area contributed by atoms with Crippen molar-refractivity contribution >= 4 is 35.0 Å². The van der Waals surface area contributed by atoms with E-state index < -0.39 is 6.04 Å². The zero-order valence-electron chi connectivity index (χ0n) is 18.1. The van der Waals surface area contributed by atoms with Crippen molar-refractivity contribution in [3.05, 3.63) is 28.8 Å². The Kier molecular flexibility index (Phi) is 8.08. The number of likely N-dealkylation sites (N-methyl/N-ethyl adjacent to an activating group) is 1. The first kappa shape index (κ1) is 23.2. The number of carbonyl (C=O) groups is 3. The van der Waals surface area contributed by atoms with Crippen LogP contribution in [0.5, 0.6) is 0 Å². The molecule has 1 aliphatic heterocycles. The summed E-state index contributed by atoms with van der Waals surface area (Å²) in [6, 6.07) is 4.35. The SMILES string of the molecule is CCN(CC)C(=O)CC[C@@H]1C(=O)N(CCC(C)C)c2cc(Cl)ccc2C(=O)N1C. The molecular formula is C22H32ClN3O3. The molecule has 0 aromatic heterocycles. The van der Waals surface area contributed by atoms with Crippen LogP contribution in [0.25, 0.3) is 0 Å². The minimum Gasteiger partial charge on any atom is -0.343 e. The van der Waals surface area contributed by atoms with Crippen molar-refractivity contribution in [1.82, 2.24) is 9.80 Å². The molecule has 1 atom stereocenters. The molecule has 2 rings (SSSR count). The third kappa shape index (κ3) is 5.30. The van der Waals surface area contributed by atoms with E-state index in [2.05, 4.69) is 13.8 Å². The van der Waals surface area contributed by atoms with Crippen molar-refractivity contribution in [3.63, 3.8) is 0 Å². The molecule has 1 aromatic carbocycles. The van der Waals surface area contributed by atoms with Gasteiger partial charge in [0.15, 0.2) is 0 Å². The lowest BCUT2D eigenvalue weighted by atomic mass is 10.1. The molecule has 160 valence electrons. The van der Waals surface area contributed by atoms with Gasteiger partial charge in [0, 0.05) is 38.1 Å². The number of hydrogen-bond donors (Lipinski definition) is 0. The Morgan fingerprint density at radius 3 is 2.45 bits per heavy atom. The minimum absolute atomic E-state index is 0.00202. The second kappa shape index (κ2) is 10.1. The van der Waals surface area contributed by atoms with E-state index in [1.807, 2.05) is 13.8 Å². The highest BCUT2D eigenvalue weighted by atomic mass is 35.5. The summed E-state index contributed by atoms with van der Waals surface area (Å²) in [7, 11) is 1.64. The Hall–Kier alpha value is -2.08. The highest BCUT2D eigenvalue weighted by Crippen LogP contribution is 2.32. The highest BCUT2D eigenvalue weighted by molar-refractivity contribution is 6.31. The maximum atomic E-state index is 13.5. The molecule has 6 nitrogen and oxygen atoms in total. The first-order valence-electron chi connectivity index (χ1n) is 10.4. The summed E-state index contributed by atoms with van der Waals surface area (Å²) in [5, 5.41) is 0.483. The summed E-state index contributed by atoms with van der Waals surface area (Å²) >= 11 is 6.18. The molecule has 1 aromatic rings. The van der Waals surface area contributed by atoms with E-state index in [-0.39, 0.29) is 24.1 Å². The fourth-order valence-electron chi connectivity index (χ4n) is 3.63. The minimum atomic E-state index is -0.680.